The lowest BCUT2D eigenvalue weighted by Crippen LogP contribution is -1.94. The predicted octanol–water partition coefficient (Wildman–Crippen LogP) is 2.60. The van der Waals surface area contributed by atoms with Crippen LogP contribution in [-0.4, -0.2) is 21.1 Å². The Kier molecular flexibility index (Phi) is 2.12. The van der Waals surface area contributed by atoms with E-state index in [0.717, 1.165) is 35.4 Å². The van der Waals surface area contributed by atoms with E-state index in [1.54, 1.807) is 6.20 Å². The van der Waals surface area contributed by atoms with E-state index >= 15 is 0 Å². The van der Waals surface area contributed by atoms with Crippen molar-refractivity contribution in [3.63, 3.8) is 0 Å². The summed E-state index contributed by atoms with van der Waals surface area (Å²) in [5, 5.41) is 3.41. The van der Waals surface area contributed by atoms with E-state index in [2.05, 4.69) is 33.1 Å². The van der Waals surface area contributed by atoms with E-state index in [4.69, 9.17) is 4.98 Å². The lowest BCUT2D eigenvalue weighted by molar-refractivity contribution is 0.956. The number of nitrogens with one attached hydrogen (secondary N) is 1. The number of imidazole rings is 1. The molecule has 0 unspecified atom stereocenters. The van der Waals surface area contributed by atoms with Gasteiger partial charge in [-0.25, -0.2) is 4.98 Å². The molecule has 1 aliphatic heterocycles. The predicted molar refractivity (Wildman–Crippen MR) is 76.1 cm³/mol. The third-order valence-corrected chi connectivity index (χ3v) is 3.76. The average molecular weight is 250 g/mol. The second-order valence-electron chi connectivity index (χ2n) is 4.91. The summed E-state index contributed by atoms with van der Waals surface area (Å²) >= 11 is 0. The highest BCUT2D eigenvalue weighted by atomic mass is 15.1. The Morgan fingerprint density at radius 3 is 3.11 bits per heavy atom. The van der Waals surface area contributed by atoms with E-state index in [-0.39, 0.29) is 0 Å². The van der Waals surface area contributed by atoms with E-state index in [1.807, 2.05) is 19.3 Å². The van der Waals surface area contributed by atoms with E-state index in [1.165, 1.54) is 11.3 Å². The van der Waals surface area contributed by atoms with Crippen molar-refractivity contribution < 1.29 is 0 Å². The highest BCUT2D eigenvalue weighted by Gasteiger charge is 2.14. The number of rotatable bonds is 1. The topological polar surface area (TPSA) is 42.7 Å². The molecular formula is C15H14N4. The molecule has 0 amide bonds. The van der Waals surface area contributed by atoms with Gasteiger partial charge in [-0.05, 0) is 24.1 Å². The summed E-state index contributed by atoms with van der Waals surface area (Å²) in [5.74, 6) is 0.986. The summed E-state index contributed by atoms with van der Waals surface area (Å²) in [6, 6.07) is 8.49. The first-order valence-corrected chi connectivity index (χ1v) is 6.46. The molecule has 1 aromatic carbocycles. The molecule has 0 saturated carbocycles. The van der Waals surface area contributed by atoms with Crippen LogP contribution in [0.25, 0.3) is 22.4 Å². The zero-order valence-electron chi connectivity index (χ0n) is 10.7. The molecule has 2 aromatic heterocycles. The molecule has 0 fully saturated rings. The standard InChI is InChI=1S/C15H14N4/c1-19-14-9-16-6-5-12(14)18-15(19)11-3-2-10-4-7-17-13(10)8-11/h2-3,5-6,8-9,17H,4,7H2,1H3. The van der Waals surface area contributed by atoms with Crippen LogP contribution >= 0.6 is 0 Å². The Morgan fingerprint density at radius 1 is 1.26 bits per heavy atom. The van der Waals surface area contributed by atoms with Gasteiger partial charge in [-0.15, -0.1) is 0 Å². The molecule has 0 atom stereocenters. The fourth-order valence-electron chi connectivity index (χ4n) is 2.72. The fraction of sp³-hybridized carbons (Fsp3) is 0.200. The van der Waals surface area contributed by atoms with Crippen LogP contribution in [0.2, 0.25) is 0 Å². The second-order valence-corrected chi connectivity index (χ2v) is 4.91. The zero-order valence-corrected chi connectivity index (χ0v) is 10.7. The van der Waals surface area contributed by atoms with Crippen LogP contribution in [0.5, 0.6) is 0 Å². The Hall–Kier alpha value is -2.36. The summed E-state index contributed by atoms with van der Waals surface area (Å²) in [5.41, 5.74) is 5.82. The fourth-order valence-corrected chi connectivity index (χ4v) is 2.72. The maximum atomic E-state index is 4.70. The number of hydrogen-bond acceptors (Lipinski definition) is 3. The molecule has 4 heteroatoms. The summed E-state index contributed by atoms with van der Waals surface area (Å²) in [6.45, 7) is 1.03. The molecular weight excluding hydrogens is 236 g/mol. The van der Waals surface area contributed by atoms with Crippen LogP contribution in [0.3, 0.4) is 0 Å². The third-order valence-electron chi connectivity index (χ3n) is 3.76. The van der Waals surface area contributed by atoms with Gasteiger partial charge in [0.25, 0.3) is 0 Å². The molecule has 0 radical (unpaired) electrons. The average Bonchev–Trinajstić information content (AvgIpc) is 3.03. The SMILES string of the molecule is Cn1c(-c2ccc3c(c2)NCC3)nc2ccncc21. The Morgan fingerprint density at radius 2 is 2.21 bits per heavy atom. The van der Waals surface area contributed by atoms with Crippen molar-refractivity contribution >= 4 is 16.7 Å². The van der Waals surface area contributed by atoms with E-state index in [9.17, 15) is 0 Å². The Labute approximate surface area is 111 Å². The largest absolute Gasteiger partial charge is 0.384 e. The van der Waals surface area contributed by atoms with Gasteiger partial charge >= 0.3 is 0 Å². The summed E-state index contributed by atoms with van der Waals surface area (Å²) in [7, 11) is 2.03. The van der Waals surface area contributed by atoms with Crippen molar-refractivity contribution in [2.45, 2.75) is 6.42 Å². The van der Waals surface area contributed by atoms with Crippen LogP contribution < -0.4 is 5.32 Å². The van der Waals surface area contributed by atoms with Crippen molar-refractivity contribution in [1.82, 2.24) is 14.5 Å². The Bertz CT molecular complexity index is 773. The number of anilines is 1. The van der Waals surface area contributed by atoms with E-state index in [0.29, 0.717) is 0 Å². The molecule has 1 aliphatic rings. The quantitative estimate of drug-likeness (QED) is 0.722. The number of aryl methyl sites for hydroxylation is 1. The van der Waals surface area contributed by atoms with E-state index < -0.39 is 0 Å². The van der Waals surface area contributed by atoms with Gasteiger partial charge in [0.05, 0.1) is 17.2 Å². The summed E-state index contributed by atoms with van der Waals surface area (Å²) in [4.78, 5) is 8.87. The van der Waals surface area contributed by atoms with Gasteiger partial charge in [0.2, 0.25) is 0 Å². The first-order chi connectivity index (χ1) is 9.33. The minimum atomic E-state index is 0.986. The summed E-state index contributed by atoms with van der Waals surface area (Å²) in [6.07, 6.45) is 4.75. The number of aromatic nitrogens is 3. The Balaban J connectivity index is 1.92. The van der Waals surface area contributed by atoms with Gasteiger partial charge in [0.15, 0.2) is 0 Å². The molecule has 4 nitrogen and oxygen atoms in total. The van der Waals surface area contributed by atoms with Crippen molar-refractivity contribution in [2.24, 2.45) is 7.05 Å². The molecule has 0 spiro atoms. The lowest BCUT2D eigenvalue weighted by atomic mass is 10.1. The highest BCUT2D eigenvalue weighted by molar-refractivity contribution is 5.80. The lowest BCUT2D eigenvalue weighted by Gasteiger charge is -2.05. The normalized spacial score (nSPS) is 13.5. The van der Waals surface area contributed by atoms with Gasteiger partial charge in [0.1, 0.15) is 5.82 Å². The van der Waals surface area contributed by atoms with Crippen LogP contribution in [0.4, 0.5) is 5.69 Å². The summed E-state index contributed by atoms with van der Waals surface area (Å²) < 4.78 is 2.10. The molecule has 3 aromatic rings. The molecule has 0 saturated heterocycles. The minimum absolute atomic E-state index is 0.986. The highest BCUT2D eigenvalue weighted by Crippen LogP contribution is 2.29. The zero-order chi connectivity index (χ0) is 12.8. The molecule has 0 bridgehead atoms. The van der Waals surface area contributed by atoms with Crippen molar-refractivity contribution in [3.8, 4) is 11.4 Å². The smallest absolute Gasteiger partial charge is 0.140 e. The minimum Gasteiger partial charge on any atom is -0.384 e. The van der Waals surface area contributed by atoms with Crippen LogP contribution in [-0.2, 0) is 13.5 Å². The van der Waals surface area contributed by atoms with Crippen LogP contribution in [0.1, 0.15) is 5.56 Å². The second kappa shape index (κ2) is 3.82. The van der Waals surface area contributed by atoms with Gasteiger partial charge in [-0.2, -0.15) is 0 Å². The van der Waals surface area contributed by atoms with Crippen molar-refractivity contribution in [2.75, 3.05) is 11.9 Å². The van der Waals surface area contributed by atoms with Crippen LogP contribution in [0, 0.1) is 0 Å². The van der Waals surface area contributed by atoms with Crippen molar-refractivity contribution in [1.29, 1.82) is 0 Å². The maximum absolute atomic E-state index is 4.70. The molecule has 19 heavy (non-hydrogen) atoms. The molecule has 94 valence electrons. The van der Waals surface area contributed by atoms with Gasteiger partial charge in [-0.3, -0.25) is 4.98 Å². The first kappa shape index (κ1) is 10.6. The molecule has 4 rings (SSSR count). The van der Waals surface area contributed by atoms with Gasteiger partial charge < -0.3 is 9.88 Å². The van der Waals surface area contributed by atoms with Gasteiger partial charge in [0, 0.05) is 31.0 Å². The number of benzene rings is 1. The number of nitrogens with zero attached hydrogens (tertiary/aromatic N) is 3. The molecule has 3 heterocycles. The molecule has 1 N–H and O–H groups in total. The third kappa shape index (κ3) is 1.53. The number of hydrogen-bond donors (Lipinski definition) is 1. The first-order valence-electron chi connectivity index (χ1n) is 6.46. The maximum Gasteiger partial charge on any atom is 0.140 e. The van der Waals surface area contributed by atoms with Crippen molar-refractivity contribution in [3.05, 3.63) is 42.2 Å². The monoisotopic (exact) mass is 250 g/mol. The molecule has 0 aliphatic carbocycles. The number of fused-ring (bicyclic) bond motifs is 2. The number of pyridine rings is 1. The van der Waals surface area contributed by atoms with Gasteiger partial charge in [-0.1, -0.05) is 12.1 Å². The van der Waals surface area contributed by atoms with Crippen LogP contribution in [0.15, 0.2) is 36.7 Å².